The first-order chi connectivity index (χ1) is 14.3. The van der Waals surface area contributed by atoms with E-state index >= 15 is 0 Å². The highest BCUT2D eigenvalue weighted by Gasteiger charge is 2.32. The quantitative estimate of drug-likeness (QED) is 0.766. The number of aromatic nitrogens is 1. The number of nitrogens with zero attached hydrogens (tertiary/aromatic N) is 3. The lowest BCUT2D eigenvalue weighted by atomic mass is 10.2. The van der Waals surface area contributed by atoms with E-state index in [9.17, 15) is 22.8 Å². The standard InChI is InChI=1S/C19H20ClF3N4O3/c20-14-11-13(19(21,22)23)12-25-17(14)27-7-2-6-26(8-9-27)16(28)4-5-24-18(29)15-3-1-10-30-15/h1,3,10-12H,2,4-9H2,(H,24,29). The van der Waals surface area contributed by atoms with E-state index in [1.54, 1.807) is 15.9 Å². The summed E-state index contributed by atoms with van der Waals surface area (Å²) >= 11 is 6.03. The Kier molecular flexibility index (Phi) is 6.86. The van der Waals surface area contributed by atoms with Crippen LogP contribution in [0.4, 0.5) is 19.0 Å². The van der Waals surface area contributed by atoms with Gasteiger partial charge in [-0.3, -0.25) is 9.59 Å². The van der Waals surface area contributed by atoms with Gasteiger partial charge in [-0.25, -0.2) is 4.98 Å². The molecule has 7 nitrogen and oxygen atoms in total. The van der Waals surface area contributed by atoms with E-state index in [4.69, 9.17) is 16.0 Å². The monoisotopic (exact) mass is 444 g/mol. The number of nitrogens with one attached hydrogen (secondary N) is 1. The van der Waals surface area contributed by atoms with Crippen LogP contribution in [0, 0.1) is 0 Å². The van der Waals surface area contributed by atoms with Crippen LogP contribution >= 0.6 is 11.6 Å². The zero-order valence-corrected chi connectivity index (χ0v) is 16.7. The number of carbonyl (C=O) groups is 2. The molecule has 1 saturated heterocycles. The molecular weight excluding hydrogens is 425 g/mol. The minimum absolute atomic E-state index is 0.0785. The Bertz CT molecular complexity index is 890. The van der Waals surface area contributed by atoms with Crippen molar-refractivity contribution in [2.24, 2.45) is 0 Å². The van der Waals surface area contributed by atoms with Crippen LogP contribution in [-0.4, -0.2) is 54.4 Å². The molecule has 2 amide bonds. The Labute approximate surface area is 175 Å². The highest BCUT2D eigenvalue weighted by atomic mass is 35.5. The molecule has 3 rings (SSSR count). The van der Waals surface area contributed by atoms with Gasteiger partial charge in [-0.1, -0.05) is 11.6 Å². The van der Waals surface area contributed by atoms with Gasteiger partial charge < -0.3 is 19.5 Å². The Morgan fingerprint density at radius 3 is 2.70 bits per heavy atom. The largest absolute Gasteiger partial charge is 0.459 e. The molecule has 0 atom stereocenters. The van der Waals surface area contributed by atoms with Crippen LogP contribution in [0.15, 0.2) is 35.1 Å². The number of alkyl halides is 3. The van der Waals surface area contributed by atoms with Crippen molar-refractivity contribution < 1.29 is 27.2 Å². The van der Waals surface area contributed by atoms with Gasteiger partial charge in [0.2, 0.25) is 5.91 Å². The zero-order valence-electron chi connectivity index (χ0n) is 15.9. The van der Waals surface area contributed by atoms with Crippen molar-refractivity contribution >= 4 is 29.2 Å². The Hall–Kier alpha value is -2.75. The van der Waals surface area contributed by atoms with Crippen LogP contribution in [0.25, 0.3) is 0 Å². The maximum atomic E-state index is 12.8. The second kappa shape index (κ2) is 9.38. The molecular formula is C19H20ClF3N4O3. The second-order valence-electron chi connectivity index (χ2n) is 6.73. The molecule has 2 aromatic heterocycles. The summed E-state index contributed by atoms with van der Waals surface area (Å²) in [5.74, 6) is -0.0700. The Balaban J connectivity index is 1.52. The van der Waals surface area contributed by atoms with Crippen LogP contribution in [0.1, 0.15) is 29.0 Å². The normalized spacial score (nSPS) is 15.1. The van der Waals surface area contributed by atoms with Gasteiger partial charge in [0.1, 0.15) is 5.82 Å². The number of halogens is 4. The van der Waals surface area contributed by atoms with Gasteiger partial charge in [0.05, 0.1) is 16.8 Å². The summed E-state index contributed by atoms with van der Waals surface area (Å²) in [7, 11) is 0. The molecule has 162 valence electrons. The predicted octanol–water partition coefficient (Wildman–Crippen LogP) is 3.21. The fraction of sp³-hybridized carbons (Fsp3) is 0.421. The molecule has 0 unspecified atom stereocenters. The van der Waals surface area contributed by atoms with Gasteiger partial charge in [-0.2, -0.15) is 13.2 Å². The summed E-state index contributed by atoms with van der Waals surface area (Å²) in [6, 6.07) is 3.99. The topological polar surface area (TPSA) is 78.7 Å². The maximum absolute atomic E-state index is 12.8. The van der Waals surface area contributed by atoms with Gasteiger partial charge in [-0.05, 0) is 24.6 Å². The van der Waals surface area contributed by atoms with Gasteiger partial charge >= 0.3 is 6.18 Å². The first kappa shape index (κ1) is 21.9. The van der Waals surface area contributed by atoms with Gasteiger partial charge in [0.15, 0.2) is 5.76 Å². The van der Waals surface area contributed by atoms with E-state index in [1.165, 1.54) is 12.3 Å². The number of rotatable bonds is 5. The molecule has 0 aromatic carbocycles. The highest BCUT2D eigenvalue weighted by Crippen LogP contribution is 2.33. The van der Waals surface area contributed by atoms with Crippen LogP contribution in [0.5, 0.6) is 0 Å². The summed E-state index contributed by atoms with van der Waals surface area (Å²) in [6.07, 6.45) is -1.61. The highest BCUT2D eigenvalue weighted by molar-refractivity contribution is 6.33. The van der Waals surface area contributed by atoms with E-state index in [1.807, 2.05) is 0 Å². The molecule has 0 aliphatic carbocycles. The SMILES string of the molecule is O=C(NCCC(=O)N1CCCN(c2ncc(C(F)(F)F)cc2Cl)CC1)c1ccco1. The smallest absolute Gasteiger partial charge is 0.417 e. The number of anilines is 1. The fourth-order valence-corrected chi connectivity index (χ4v) is 3.42. The van der Waals surface area contributed by atoms with Crippen molar-refractivity contribution in [3.05, 3.63) is 47.0 Å². The van der Waals surface area contributed by atoms with Crippen molar-refractivity contribution in [2.75, 3.05) is 37.6 Å². The number of hydrogen-bond donors (Lipinski definition) is 1. The number of amides is 2. The summed E-state index contributed by atoms with van der Waals surface area (Å²) in [5, 5.41) is 2.54. The van der Waals surface area contributed by atoms with Crippen molar-refractivity contribution in [1.82, 2.24) is 15.2 Å². The number of furan rings is 1. The molecule has 0 saturated carbocycles. The van der Waals surface area contributed by atoms with Crippen LogP contribution < -0.4 is 10.2 Å². The van der Waals surface area contributed by atoms with E-state index in [0.29, 0.717) is 32.6 Å². The molecule has 30 heavy (non-hydrogen) atoms. The molecule has 3 heterocycles. The van der Waals surface area contributed by atoms with E-state index in [2.05, 4.69) is 10.3 Å². The van der Waals surface area contributed by atoms with Gasteiger partial charge in [0.25, 0.3) is 5.91 Å². The average molecular weight is 445 g/mol. The van der Waals surface area contributed by atoms with Gasteiger partial charge in [0, 0.05) is 45.3 Å². The Morgan fingerprint density at radius 1 is 1.23 bits per heavy atom. The van der Waals surface area contributed by atoms with Crippen LogP contribution in [0.3, 0.4) is 0 Å². The molecule has 0 spiro atoms. The van der Waals surface area contributed by atoms with Crippen LogP contribution in [-0.2, 0) is 11.0 Å². The van der Waals surface area contributed by atoms with E-state index in [-0.39, 0.29) is 35.5 Å². The molecule has 0 bridgehead atoms. The second-order valence-corrected chi connectivity index (χ2v) is 7.14. The predicted molar refractivity (Wildman–Crippen MR) is 103 cm³/mol. The number of hydrogen-bond acceptors (Lipinski definition) is 5. The minimum atomic E-state index is -4.51. The van der Waals surface area contributed by atoms with Crippen molar-refractivity contribution in [2.45, 2.75) is 19.0 Å². The summed E-state index contributed by atoms with van der Waals surface area (Å²) in [6.45, 7) is 1.95. The molecule has 11 heteroatoms. The summed E-state index contributed by atoms with van der Waals surface area (Å²) in [4.78, 5) is 31.6. The first-order valence-corrected chi connectivity index (χ1v) is 9.70. The third-order valence-electron chi connectivity index (χ3n) is 4.67. The number of carbonyl (C=O) groups excluding carboxylic acids is 2. The molecule has 1 fully saturated rings. The minimum Gasteiger partial charge on any atom is -0.459 e. The summed E-state index contributed by atoms with van der Waals surface area (Å²) in [5.41, 5.74) is -0.903. The van der Waals surface area contributed by atoms with Crippen molar-refractivity contribution in [3.8, 4) is 0 Å². The van der Waals surface area contributed by atoms with Crippen LogP contribution in [0.2, 0.25) is 5.02 Å². The molecule has 0 radical (unpaired) electrons. The third kappa shape index (κ3) is 5.44. The van der Waals surface area contributed by atoms with Crippen molar-refractivity contribution in [1.29, 1.82) is 0 Å². The van der Waals surface area contributed by atoms with E-state index < -0.39 is 17.6 Å². The van der Waals surface area contributed by atoms with Gasteiger partial charge in [-0.15, -0.1) is 0 Å². The molecule has 1 N–H and O–H groups in total. The van der Waals surface area contributed by atoms with Crippen molar-refractivity contribution in [3.63, 3.8) is 0 Å². The maximum Gasteiger partial charge on any atom is 0.417 e. The zero-order chi connectivity index (χ0) is 21.7. The lowest BCUT2D eigenvalue weighted by Gasteiger charge is -2.24. The fourth-order valence-electron chi connectivity index (χ4n) is 3.13. The van der Waals surface area contributed by atoms with E-state index in [0.717, 1.165) is 12.3 Å². The first-order valence-electron chi connectivity index (χ1n) is 9.33. The Morgan fingerprint density at radius 2 is 2.03 bits per heavy atom. The lowest BCUT2D eigenvalue weighted by molar-refractivity contribution is -0.137. The molecule has 2 aromatic rings. The lowest BCUT2D eigenvalue weighted by Crippen LogP contribution is -2.37. The summed E-state index contributed by atoms with van der Waals surface area (Å²) < 4.78 is 43.4. The molecule has 1 aliphatic heterocycles. The number of pyridine rings is 1. The average Bonchev–Trinajstić information content (AvgIpc) is 3.12. The molecule has 1 aliphatic rings. The third-order valence-corrected chi connectivity index (χ3v) is 4.94.